The standard InChI is InChI=1S/C8H9BrO/c9-8(10)6-7-4-2-1-3-5-7/h1-5,8,10H,6H2. The molecule has 54 valence electrons. The van der Waals surface area contributed by atoms with Gasteiger partial charge in [-0.1, -0.05) is 46.3 Å². The van der Waals surface area contributed by atoms with Gasteiger partial charge < -0.3 is 5.11 Å². The molecule has 1 nitrogen and oxygen atoms in total. The molecule has 0 saturated heterocycles. The van der Waals surface area contributed by atoms with E-state index in [2.05, 4.69) is 15.9 Å². The largest absolute Gasteiger partial charge is 0.382 e. The molecule has 0 spiro atoms. The van der Waals surface area contributed by atoms with Gasteiger partial charge in [0, 0.05) is 6.42 Å². The fourth-order valence-corrected chi connectivity index (χ4v) is 1.18. The number of rotatable bonds is 2. The molecule has 1 N–H and O–H groups in total. The molecular formula is C8H9BrO. The van der Waals surface area contributed by atoms with Crippen molar-refractivity contribution in [3.63, 3.8) is 0 Å². The molecule has 0 aliphatic carbocycles. The fourth-order valence-electron chi connectivity index (χ4n) is 0.809. The van der Waals surface area contributed by atoms with Crippen molar-refractivity contribution >= 4 is 15.9 Å². The average molecular weight is 201 g/mol. The van der Waals surface area contributed by atoms with Crippen molar-refractivity contribution in [1.29, 1.82) is 0 Å². The van der Waals surface area contributed by atoms with Gasteiger partial charge >= 0.3 is 0 Å². The first-order valence-electron chi connectivity index (χ1n) is 3.15. The normalized spacial score (nSPS) is 13.0. The van der Waals surface area contributed by atoms with Gasteiger partial charge in [0.2, 0.25) is 0 Å². The summed E-state index contributed by atoms with van der Waals surface area (Å²) < 4.78 is 0. The van der Waals surface area contributed by atoms with Crippen molar-refractivity contribution in [3.8, 4) is 0 Å². The lowest BCUT2D eigenvalue weighted by Gasteiger charge is -2.00. The monoisotopic (exact) mass is 200 g/mol. The smallest absolute Gasteiger partial charge is 0.113 e. The van der Waals surface area contributed by atoms with E-state index in [0.29, 0.717) is 6.42 Å². The summed E-state index contributed by atoms with van der Waals surface area (Å²) in [6, 6.07) is 9.87. The van der Waals surface area contributed by atoms with E-state index < -0.39 is 5.01 Å². The third-order valence-electron chi connectivity index (χ3n) is 1.25. The summed E-state index contributed by atoms with van der Waals surface area (Å²) in [5.74, 6) is 0. The lowest BCUT2D eigenvalue weighted by Crippen LogP contribution is -1.99. The highest BCUT2D eigenvalue weighted by molar-refractivity contribution is 9.09. The lowest BCUT2D eigenvalue weighted by molar-refractivity contribution is 0.271. The van der Waals surface area contributed by atoms with E-state index in [1.54, 1.807) is 0 Å². The molecule has 0 bridgehead atoms. The second-order valence-corrected chi connectivity index (χ2v) is 3.18. The van der Waals surface area contributed by atoms with Crippen molar-refractivity contribution < 1.29 is 5.11 Å². The Morgan fingerprint density at radius 3 is 2.40 bits per heavy atom. The Kier molecular flexibility index (Phi) is 2.90. The first kappa shape index (κ1) is 7.76. The van der Waals surface area contributed by atoms with Crippen molar-refractivity contribution in [2.75, 3.05) is 0 Å². The summed E-state index contributed by atoms with van der Waals surface area (Å²) in [6.45, 7) is 0. The van der Waals surface area contributed by atoms with Crippen LogP contribution in [-0.4, -0.2) is 10.1 Å². The highest BCUT2D eigenvalue weighted by atomic mass is 79.9. The van der Waals surface area contributed by atoms with Gasteiger partial charge in [-0.2, -0.15) is 0 Å². The van der Waals surface area contributed by atoms with Crippen LogP contribution in [0.3, 0.4) is 0 Å². The third-order valence-corrected chi connectivity index (χ3v) is 1.57. The molecule has 0 aromatic heterocycles. The number of aliphatic hydroxyl groups excluding tert-OH is 1. The number of hydrogen-bond acceptors (Lipinski definition) is 1. The summed E-state index contributed by atoms with van der Waals surface area (Å²) in [5.41, 5.74) is 1.15. The van der Waals surface area contributed by atoms with Crippen LogP contribution in [0, 0.1) is 0 Å². The maximum atomic E-state index is 8.92. The average Bonchev–Trinajstić information content (AvgIpc) is 1.88. The molecule has 1 aromatic carbocycles. The molecule has 0 radical (unpaired) electrons. The van der Waals surface area contributed by atoms with Crippen LogP contribution in [0.5, 0.6) is 0 Å². The summed E-state index contributed by atoms with van der Waals surface area (Å²) in [7, 11) is 0. The Morgan fingerprint density at radius 2 is 1.90 bits per heavy atom. The zero-order valence-corrected chi connectivity index (χ0v) is 7.08. The van der Waals surface area contributed by atoms with Gasteiger partial charge in [-0.05, 0) is 5.56 Å². The molecule has 10 heavy (non-hydrogen) atoms. The van der Waals surface area contributed by atoms with Crippen LogP contribution in [0.1, 0.15) is 5.56 Å². The minimum absolute atomic E-state index is 0.421. The fraction of sp³-hybridized carbons (Fsp3) is 0.250. The maximum Gasteiger partial charge on any atom is 0.113 e. The van der Waals surface area contributed by atoms with E-state index in [-0.39, 0.29) is 0 Å². The van der Waals surface area contributed by atoms with Crippen LogP contribution in [0.15, 0.2) is 30.3 Å². The molecule has 1 atom stereocenters. The Hall–Kier alpha value is -0.340. The quantitative estimate of drug-likeness (QED) is 0.725. The Balaban J connectivity index is 2.59. The Bertz CT molecular complexity index is 184. The van der Waals surface area contributed by atoms with Crippen LogP contribution in [0.25, 0.3) is 0 Å². The summed E-state index contributed by atoms with van der Waals surface area (Å²) >= 11 is 3.07. The molecule has 0 aliphatic rings. The van der Waals surface area contributed by atoms with Crippen molar-refractivity contribution in [2.24, 2.45) is 0 Å². The van der Waals surface area contributed by atoms with E-state index in [0.717, 1.165) is 5.56 Å². The molecule has 1 rings (SSSR count). The third kappa shape index (κ3) is 2.50. The number of benzene rings is 1. The number of hydrogen-bond donors (Lipinski definition) is 1. The Morgan fingerprint density at radius 1 is 1.30 bits per heavy atom. The van der Waals surface area contributed by atoms with Crippen molar-refractivity contribution in [1.82, 2.24) is 0 Å². The molecule has 0 saturated carbocycles. The molecule has 0 aliphatic heterocycles. The predicted octanol–water partition coefficient (Wildman–Crippen LogP) is 1.94. The minimum atomic E-state index is -0.421. The maximum absolute atomic E-state index is 8.92. The highest BCUT2D eigenvalue weighted by Gasteiger charge is 1.97. The van der Waals surface area contributed by atoms with E-state index in [1.807, 2.05) is 30.3 Å². The van der Waals surface area contributed by atoms with Crippen LogP contribution < -0.4 is 0 Å². The molecule has 0 heterocycles. The van der Waals surface area contributed by atoms with Crippen LogP contribution in [0.4, 0.5) is 0 Å². The van der Waals surface area contributed by atoms with E-state index in [4.69, 9.17) is 5.11 Å². The first-order valence-corrected chi connectivity index (χ1v) is 4.06. The molecule has 1 aromatic rings. The highest BCUT2D eigenvalue weighted by Crippen LogP contribution is 2.06. The number of halogens is 1. The van der Waals surface area contributed by atoms with E-state index in [1.165, 1.54) is 0 Å². The summed E-state index contributed by atoms with van der Waals surface area (Å²) in [5, 5.41) is 8.50. The second-order valence-electron chi connectivity index (χ2n) is 2.12. The zero-order valence-electron chi connectivity index (χ0n) is 5.50. The molecule has 0 amide bonds. The van der Waals surface area contributed by atoms with Crippen molar-refractivity contribution in [2.45, 2.75) is 11.4 Å². The number of aliphatic hydroxyl groups is 1. The first-order chi connectivity index (χ1) is 4.79. The van der Waals surface area contributed by atoms with Crippen LogP contribution in [0.2, 0.25) is 0 Å². The molecule has 2 heteroatoms. The van der Waals surface area contributed by atoms with Crippen LogP contribution >= 0.6 is 15.9 Å². The predicted molar refractivity (Wildman–Crippen MR) is 45.1 cm³/mol. The second kappa shape index (κ2) is 3.74. The van der Waals surface area contributed by atoms with Gasteiger partial charge in [-0.15, -0.1) is 0 Å². The Labute approximate surface area is 68.8 Å². The van der Waals surface area contributed by atoms with E-state index in [9.17, 15) is 0 Å². The lowest BCUT2D eigenvalue weighted by atomic mass is 10.2. The summed E-state index contributed by atoms with van der Waals surface area (Å²) in [4.78, 5) is 0. The van der Waals surface area contributed by atoms with Gasteiger partial charge in [0.1, 0.15) is 5.01 Å². The van der Waals surface area contributed by atoms with Gasteiger partial charge in [-0.25, -0.2) is 0 Å². The topological polar surface area (TPSA) is 20.2 Å². The molecule has 0 fully saturated rings. The zero-order chi connectivity index (χ0) is 7.40. The van der Waals surface area contributed by atoms with Gasteiger partial charge in [0.05, 0.1) is 0 Å². The number of alkyl halides is 1. The van der Waals surface area contributed by atoms with E-state index >= 15 is 0 Å². The molecular weight excluding hydrogens is 192 g/mol. The molecule has 1 unspecified atom stereocenters. The van der Waals surface area contributed by atoms with Crippen molar-refractivity contribution in [3.05, 3.63) is 35.9 Å². The van der Waals surface area contributed by atoms with Gasteiger partial charge in [0.15, 0.2) is 0 Å². The van der Waals surface area contributed by atoms with Gasteiger partial charge in [-0.3, -0.25) is 0 Å². The summed E-state index contributed by atoms with van der Waals surface area (Å²) in [6.07, 6.45) is 0.668. The SMILES string of the molecule is OC(Br)Cc1ccccc1. The minimum Gasteiger partial charge on any atom is -0.382 e. The van der Waals surface area contributed by atoms with Gasteiger partial charge in [0.25, 0.3) is 0 Å². The van der Waals surface area contributed by atoms with Crippen LogP contribution in [-0.2, 0) is 6.42 Å².